The highest BCUT2D eigenvalue weighted by molar-refractivity contribution is 6.03. The van der Waals surface area contributed by atoms with Crippen LogP contribution in [0.3, 0.4) is 0 Å². The maximum absolute atomic E-state index is 12.2. The van der Waals surface area contributed by atoms with Gasteiger partial charge in [0.15, 0.2) is 5.78 Å². The van der Waals surface area contributed by atoms with E-state index in [-0.39, 0.29) is 5.78 Å². The number of carbonyl (C=O) groups excluding carboxylic acids is 2. The lowest BCUT2D eigenvalue weighted by atomic mass is 9.88. The van der Waals surface area contributed by atoms with E-state index in [2.05, 4.69) is 4.90 Å². The number of ether oxygens (including phenoxy) is 1. The van der Waals surface area contributed by atoms with E-state index in [1.54, 1.807) is 20.8 Å². The molecule has 5 nitrogen and oxygen atoms in total. The Morgan fingerprint density at radius 1 is 1.25 bits per heavy atom. The van der Waals surface area contributed by atoms with Crippen molar-refractivity contribution in [3.63, 3.8) is 0 Å². The Bertz CT molecular complexity index is 336. The summed E-state index contributed by atoms with van der Waals surface area (Å²) in [4.78, 5) is 28.4. The van der Waals surface area contributed by atoms with Crippen molar-refractivity contribution in [2.75, 3.05) is 46.4 Å². The van der Waals surface area contributed by atoms with E-state index in [0.717, 1.165) is 26.2 Å². The second kappa shape index (κ2) is 7.74. The molecule has 1 saturated heterocycles. The number of hydrogen-bond acceptors (Lipinski definition) is 5. The minimum absolute atomic E-state index is 0.0835. The molecule has 1 aliphatic heterocycles. The van der Waals surface area contributed by atoms with Crippen LogP contribution in [0, 0.1) is 5.41 Å². The first-order valence-electron chi connectivity index (χ1n) is 7.49. The molecule has 1 fully saturated rings. The van der Waals surface area contributed by atoms with Gasteiger partial charge in [0.2, 0.25) is 0 Å². The zero-order chi connectivity index (χ0) is 15.2. The lowest BCUT2D eigenvalue weighted by Crippen LogP contribution is -2.42. The molecule has 20 heavy (non-hydrogen) atoms. The number of rotatable bonds is 8. The summed E-state index contributed by atoms with van der Waals surface area (Å²) in [5.41, 5.74) is -1.06. The van der Waals surface area contributed by atoms with E-state index in [1.807, 2.05) is 11.9 Å². The highest BCUT2D eigenvalue weighted by atomic mass is 16.5. The van der Waals surface area contributed by atoms with Gasteiger partial charge in [-0.3, -0.25) is 14.5 Å². The Morgan fingerprint density at radius 2 is 1.85 bits per heavy atom. The van der Waals surface area contributed by atoms with E-state index >= 15 is 0 Å². The molecule has 0 bridgehead atoms. The van der Waals surface area contributed by atoms with Crippen molar-refractivity contribution in [2.45, 2.75) is 33.6 Å². The molecule has 0 unspecified atom stereocenters. The summed E-state index contributed by atoms with van der Waals surface area (Å²) in [7, 11) is 1.93. The van der Waals surface area contributed by atoms with Gasteiger partial charge in [0, 0.05) is 13.1 Å². The van der Waals surface area contributed by atoms with Gasteiger partial charge in [-0.05, 0) is 53.8 Å². The van der Waals surface area contributed by atoms with Gasteiger partial charge in [0.25, 0.3) is 0 Å². The van der Waals surface area contributed by atoms with Crippen LogP contribution in [0.5, 0.6) is 0 Å². The number of likely N-dealkylation sites (N-methyl/N-ethyl adjacent to an activating group) is 1. The van der Waals surface area contributed by atoms with Crippen molar-refractivity contribution < 1.29 is 14.3 Å². The number of Topliss-reactive ketones (excluding diaryl/α,β-unsaturated/α-hetero) is 1. The second-order valence-corrected chi connectivity index (χ2v) is 6.06. The van der Waals surface area contributed by atoms with Crippen LogP contribution in [0.4, 0.5) is 0 Å². The Morgan fingerprint density at radius 3 is 2.40 bits per heavy atom. The average molecular weight is 284 g/mol. The Balaban J connectivity index is 2.37. The molecule has 0 atom stereocenters. The van der Waals surface area contributed by atoms with Crippen LogP contribution >= 0.6 is 0 Å². The summed E-state index contributed by atoms with van der Waals surface area (Å²) >= 11 is 0. The molecule has 0 radical (unpaired) electrons. The number of esters is 1. The van der Waals surface area contributed by atoms with Crippen LogP contribution in [0.15, 0.2) is 0 Å². The number of ketones is 1. The average Bonchev–Trinajstić information content (AvgIpc) is 2.89. The third-order valence-electron chi connectivity index (χ3n) is 3.89. The Labute approximate surface area is 122 Å². The minimum Gasteiger partial charge on any atom is -0.465 e. The van der Waals surface area contributed by atoms with Gasteiger partial charge in [0.1, 0.15) is 5.41 Å². The number of hydrogen-bond donors (Lipinski definition) is 0. The third kappa shape index (κ3) is 4.87. The fraction of sp³-hybridized carbons (Fsp3) is 0.867. The topological polar surface area (TPSA) is 49.9 Å². The van der Waals surface area contributed by atoms with E-state index in [1.165, 1.54) is 12.8 Å². The molecule has 0 spiro atoms. The van der Waals surface area contributed by atoms with E-state index < -0.39 is 11.4 Å². The highest BCUT2D eigenvalue weighted by Gasteiger charge is 2.37. The minimum atomic E-state index is -1.06. The molecule has 0 N–H and O–H groups in total. The summed E-state index contributed by atoms with van der Waals surface area (Å²) in [6, 6.07) is 0. The Kier molecular flexibility index (Phi) is 6.62. The summed E-state index contributed by atoms with van der Waals surface area (Å²) in [5, 5.41) is 0. The van der Waals surface area contributed by atoms with Crippen LogP contribution in [0.25, 0.3) is 0 Å². The molecule has 5 heteroatoms. The molecule has 0 saturated carbocycles. The van der Waals surface area contributed by atoms with Gasteiger partial charge < -0.3 is 9.64 Å². The van der Waals surface area contributed by atoms with Gasteiger partial charge >= 0.3 is 5.97 Å². The van der Waals surface area contributed by atoms with Crippen LogP contribution < -0.4 is 0 Å². The molecule has 1 rings (SSSR count). The zero-order valence-corrected chi connectivity index (χ0v) is 13.3. The fourth-order valence-corrected chi connectivity index (χ4v) is 2.27. The van der Waals surface area contributed by atoms with Crippen molar-refractivity contribution in [2.24, 2.45) is 5.41 Å². The fourth-order valence-electron chi connectivity index (χ4n) is 2.27. The molecule has 0 aliphatic carbocycles. The van der Waals surface area contributed by atoms with Crippen molar-refractivity contribution in [3.05, 3.63) is 0 Å². The van der Waals surface area contributed by atoms with Crippen LogP contribution in [-0.2, 0) is 14.3 Å². The lowest BCUT2D eigenvalue weighted by molar-refractivity contribution is -0.158. The molecule has 0 aromatic carbocycles. The number of nitrogens with zero attached hydrogens (tertiary/aromatic N) is 2. The van der Waals surface area contributed by atoms with E-state index in [4.69, 9.17) is 4.74 Å². The molecule has 1 heterocycles. The standard InChI is InChI=1S/C15H28N2O3/c1-5-20-14(19)15(2,3)13(18)12-16(4)10-11-17-8-6-7-9-17/h5-12H2,1-4H3. The van der Waals surface area contributed by atoms with Crippen LogP contribution in [0.2, 0.25) is 0 Å². The maximum Gasteiger partial charge on any atom is 0.319 e. The van der Waals surface area contributed by atoms with E-state index in [0.29, 0.717) is 13.2 Å². The largest absolute Gasteiger partial charge is 0.465 e. The Hall–Kier alpha value is -0.940. The van der Waals surface area contributed by atoms with Crippen LogP contribution in [-0.4, -0.2) is 67.9 Å². The van der Waals surface area contributed by atoms with Gasteiger partial charge in [-0.2, -0.15) is 0 Å². The molecule has 0 aromatic rings. The predicted octanol–water partition coefficient (Wildman–Crippen LogP) is 1.17. The van der Waals surface area contributed by atoms with Gasteiger partial charge in [-0.25, -0.2) is 0 Å². The SMILES string of the molecule is CCOC(=O)C(C)(C)C(=O)CN(C)CCN1CCCC1. The predicted molar refractivity (Wildman–Crippen MR) is 78.6 cm³/mol. The lowest BCUT2D eigenvalue weighted by Gasteiger charge is -2.25. The molecule has 0 aromatic heterocycles. The molecule has 116 valence electrons. The maximum atomic E-state index is 12.2. The summed E-state index contributed by atoms with van der Waals surface area (Å²) in [6.07, 6.45) is 2.55. The van der Waals surface area contributed by atoms with Gasteiger partial charge in [0.05, 0.1) is 13.2 Å². The third-order valence-corrected chi connectivity index (χ3v) is 3.89. The second-order valence-electron chi connectivity index (χ2n) is 6.06. The molecular weight excluding hydrogens is 256 g/mol. The number of likely N-dealkylation sites (tertiary alicyclic amines) is 1. The first kappa shape index (κ1) is 17.1. The van der Waals surface area contributed by atoms with Crippen molar-refractivity contribution in [3.8, 4) is 0 Å². The zero-order valence-electron chi connectivity index (χ0n) is 13.3. The number of carbonyl (C=O) groups is 2. The highest BCUT2D eigenvalue weighted by Crippen LogP contribution is 2.19. The molecule has 0 amide bonds. The van der Waals surface area contributed by atoms with Gasteiger partial charge in [-0.15, -0.1) is 0 Å². The summed E-state index contributed by atoms with van der Waals surface area (Å²) in [6.45, 7) is 9.80. The van der Waals surface area contributed by atoms with Crippen molar-refractivity contribution in [1.29, 1.82) is 0 Å². The first-order valence-corrected chi connectivity index (χ1v) is 7.49. The summed E-state index contributed by atoms with van der Waals surface area (Å²) < 4.78 is 4.96. The summed E-state index contributed by atoms with van der Waals surface area (Å²) in [5.74, 6) is -0.516. The quantitative estimate of drug-likeness (QED) is 0.495. The monoisotopic (exact) mass is 284 g/mol. The van der Waals surface area contributed by atoms with Crippen LogP contribution in [0.1, 0.15) is 33.6 Å². The smallest absolute Gasteiger partial charge is 0.319 e. The van der Waals surface area contributed by atoms with Crippen molar-refractivity contribution >= 4 is 11.8 Å². The first-order chi connectivity index (χ1) is 9.37. The van der Waals surface area contributed by atoms with Gasteiger partial charge in [-0.1, -0.05) is 0 Å². The molecular formula is C15H28N2O3. The van der Waals surface area contributed by atoms with E-state index in [9.17, 15) is 9.59 Å². The molecule has 1 aliphatic rings. The van der Waals surface area contributed by atoms with Crippen molar-refractivity contribution in [1.82, 2.24) is 9.80 Å². The normalized spacial score (nSPS) is 16.6.